The molecule has 18 heavy (non-hydrogen) atoms. The van der Waals surface area contributed by atoms with Gasteiger partial charge in [0.1, 0.15) is 5.78 Å². The van der Waals surface area contributed by atoms with E-state index in [9.17, 15) is 22.8 Å². The summed E-state index contributed by atoms with van der Waals surface area (Å²) in [6.07, 6.45) is -4.62. The Kier molecular flexibility index (Phi) is 4.16. The molecule has 0 saturated heterocycles. The predicted octanol–water partition coefficient (Wildman–Crippen LogP) is 3.43. The minimum atomic E-state index is -4.62. The number of ketones is 1. The van der Waals surface area contributed by atoms with Crippen LogP contribution < -0.4 is 0 Å². The van der Waals surface area contributed by atoms with Gasteiger partial charge in [-0.15, -0.1) is 0 Å². The van der Waals surface area contributed by atoms with E-state index in [4.69, 9.17) is 5.11 Å². The van der Waals surface area contributed by atoms with Gasteiger partial charge in [-0.1, -0.05) is 22.0 Å². The summed E-state index contributed by atoms with van der Waals surface area (Å²) in [6.45, 7) is 1.21. The zero-order valence-electron chi connectivity index (χ0n) is 9.08. The third-order valence-electron chi connectivity index (χ3n) is 2.24. The zero-order chi connectivity index (χ0) is 14.1. The number of aromatic carboxylic acids is 1. The number of carboxylic acids is 1. The fourth-order valence-corrected chi connectivity index (χ4v) is 1.76. The van der Waals surface area contributed by atoms with Crippen molar-refractivity contribution in [2.24, 2.45) is 0 Å². The van der Waals surface area contributed by atoms with E-state index in [1.165, 1.54) is 6.92 Å². The molecule has 0 saturated carbocycles. The summed E-state index contributed by atoms with van der Waals surface area (Å²) in [4.78, 5) is 21.1. The number of carboxylic acid groups (broad SMARTS) is 1. The number of hydrogen-bond donors (Lipinski definition) is 1. The van der Waals surface area contributed by atoms with Crippen LogP contribution in [0.1, 0.15) is 33.2 Å². The van der Waals surface area contributed by atoms with Crippen molar-refractivity contribution in [1.82, 2.24) is 0 Å². The van der Waals surface area contributed by atoms with Crippen molar-refractivity contribution >= 4 is 27.7 Å². The smallest absolute Gasteiger partial charge is 0.416 e. The van der Waals surface area contributed by atoms with E-state index in [1.54, 1.807) is 0 Å². The van der Waals surface area contributed by atoms with Gasteiger partial charge in [0.25, 0.3) is 0 Å². The Morgan fingerprint density at radius 2 is 1.89 bits per heavy atom. The van der Waals surface area contributed by atoms with Crippen LogP contribution in [0.4, 0.5) is 13.2 Å². The van der Waals surface area contributed by atoms with Crippen LogP contribution in [-0.4, -0.2) is 16.9 Å². The fourth-order valence-electron chi connectivity index (χ4n) is 1.36. The summed E-state index contributed by atoms with van der Waals surface area (Å²) in [6, 6.07) is 2.26. The molecule has 0 bridgehead atoms. The first kappa shape index (κ1) is 14.7. The second-order valence-electron chi connectivity index (χ2n) is 3.58. The lowest BCUT2D eigenvalue weighted by Gasteiger charge is -2.13. The minimum Gasteiger partial charge on any atom is -0.478 e. The van der Waals surface area contributed by atoms with Crippen molar-refractivity contribution in [3.63, 3.8) is 0 Å². The summed E-state index contributed by atoms with van der Waals surface area (Å²) in [5.41, 5.74) is -1.60. The van der Waals surface area contributed by atoms with E-state index < -0.39 is 33.9 Å². The Morgan fingerprint density at radius 3 is 2.28 bits per heavy atom. The lowest BCUT2D eigenvalue weighted by Crippen LogP contribution is -2.12. The van der Waals surface area contributed by atoms with E-state index in [0.29, 0.717) is 6.07 Å². The summed E-state index contributed by atoms with van der Waals surface area (Å²) in [5.74, 6) is -1.90. The average Bonchev–Trinajstić information content (AvgIpc) is 2.25. The van der Waals surface area contributed by atoms with Gasteiger partial charge in [-0.3, -0.25) is 4.79 Å². The maximum absolute atomic E-state index is 12.5. The van der Waals surface area contributed by atoms with Crippen molar-refractivity contribution < 1.29 is 27.9 Å². The molecule has 1 unspecified atom stereocenters. The molecule has 0 amide bonds. The highest BCUT2D eigenvalue weighted by molar-refractivity contribution is 9.09. The van der Waals surface area contributed by atoms with Crippen molar-refractivity contribution in [1.29, 1.82) is 0 Å². The highest BCUT2D eigenvalue weighted by Gasteiger charge is 2.32. The number of hydrogen-bond acceptors (Lipinski definition) is 2. The normalized spacial score (nSPS) is 13.2. The van der Waals surface area contributed by atoms with Gasteiger partial charge >= 0.3 is 12.1 Å². The van der Waals surface area contributed by atoms with Gasteiger partial charge in [0.15, 0.2) is 0 Å². The van der Waals surface area contributed by atoms with Gasteiger partial charge in [0.05, 0.1) is 16.0 Å². The SMILES string of the molecule is CC(=O)C(Br)c1ccc(C(F)(F)F)cc1C(=O)O. The molecule has 1 aromatic carbocycles. The average molecular weight is 325 g/mol. The largest absolute Gasteiger partial charge is 0.478 e. The molecule has 0 heterocycles. The Balaban J connectivity index is 3.39. The number of carbonyl (C=O) groups is 2. The minimum absolute atomic E-state index is 0.00278. The van der Waals surface area contributed by atoms with Crippen LogP contribution in [0.15, 0.2) is 18.2 Å². The molecule has 1 aromatic rings. The summed E-state index contributed by atoms with van der Waals surface area (Å²) in [5, 5.41) is 8.89. The van der Waals surface area contributed by atoms with Crippen LogP contribution in [0.2, 0.25) is 0 Å². The maximum atomic E-state index is 12.5. The second-order valence-corrected chi connectivity index (χ2v) is 4.49. The first-order valence-electron chi connectivity index (χ1n) is 4.73. The van der Waals surface area contributed by atoms with Gasteiger partial charge in [-0.25, -0.2) is 4.79 Å². The van der Waals surface area contributed by atoms with Gasteiger partial charge in [-0.05, 0) is 24.6 Å². The van der Waals surface area contributed by atoms with Crippen LogP contribution in [0, 0.1) is 0 Å². The quantitative estimate of drug-likeness (QED) is 0.867. The Labute approximate surface area is 109 Å². The Morgan fingerprint density at radius 1 is 1.33 bits per heavy atom. The first-order valence-corrected chi connectivity index (χ1v) is 5.65. The third-order valence-corrected chi connectivity index (χ3v) is 3.38. The molecule has 0 aromatic heterocycles. The number of rotatable bonds is 3. The zero-order valence-corrected chi connectivity index (χ0v) is 10.7. The predicted molar refractivity (Wildman–Crippen MR) is 60.8 cm³/mol. The van der Waals surface area contributed by atoms with E-state index in [2.05, 4.69) is 15.9 Å². The molecule has 0 radical (unpaired) electrons. The van der Waals surface area contributed by atoms with Crippen molar-refractivity contribution in [3.05, 3.63) is 34.9 Å². The van der Waals surface area contributed by atoms with Crippen molar-refractivity contribution in [2.75, 3.05) is 0 Å². The summed E-state index contributed by atoms with van der Waals surface area (Å²) in [7, 11) is 0. The first-order chi connectivity index (χ1) is 8.14. The highest BCUT2D eigenvalue weighted by Crippen LogP contribution is 2.34. The second kappa shape index (κ2) is 5.09. The van der Waals surface area contributed by atoms with Crippen LogP contribution in [-0.2, 0) is 11.0 Å². The molecule has 98 valence electrons. The van der Waals surface area contributed by atoms with Gasteiger partial charge < -0.3 is 5.11 Å². The molecular weight excluding hydrogens is 317 g/mol. The van der Waals surface area contributed by atoms with E-state index in [1.807, 2.05) is 0 Å². The standard InChI is InChI=1S/C11H8BrF3O3/c1-5(16)9(12)7-3-2-6(11(13,14)15)4-8(7)10(17)18/h2-4,9H,1H3,(H,17,18). The van der Waals surface area contributed by atoms with E-state index in [-0.39, 0.29) is 5.56 Å². The maximum Gasteiger partial charge on any atom is 0.416 e. The molecule has 3 nitrogen and oxygen atoms in total. The summed E-state index contributed by atoms with van der Waals surface area (Å²) < 4.78 is 37.4. The van der Waals surface area contributed by atoms with Crippen LogP contribution >= 0.6 is 15.9 Å². The molecule has 1 N–H and O–H groups in total. The van der Waals surface area contributed by atoms with Gasteiger partial charge in [-0.2, -0.15) is 13.2 Å². The van der Waals surface area contributed by atoms with Crippen molar-refractivity contribution in [2.45, 2.75) is 17.9 Å². The molecule has 0 spiro atoms. The number of halogens is 4. The monoisotopic (exact) mass is 324 g/mol. The Hall–Kier alpha value is -1.37. The van der Waals surface area contributed by atoms with Gasteiger partial charge in [0.2, 0.25) is 0 Å². The van der Waals surface area contributed by atoms with E-state index in [0.717, 1.165) is 12.1 Å². The Bertz CT molecular complexity index is 497. The molecule has 0 aliphatic heterocycles. The molecule has 1 rings (SSSR count). The lowest BCUT2D eigenvalue weighted by atomic mass is 9.99. The number of benzene rings is 1. The topological polar surface area (TPSA) is 54.4 Å². The lowest BCUT2D eigenvalue weighted by molar-refractivity contribution is -0.137. The third kappa shape index (κ3) is 3.10. The van der Waals surface area contributed by atoms with Crippen LogP contribution in [0.3, 0.4) is 0 Å². The molecule has 0 aliphatic rings. The molecule has 0 fully saturated rings. The number of carbonyl (C=O) groups excluding carboxylic acids is 1. The highest BCUT2D eigenvalue weighted by atomic mass is 79.9. The van der Waals surface area contributed by atoms with Gasteiger partial charge in [0, 0.05) is 0 Å². The molecular formula is C11H8BrF3O3. The molecule has 1 atom stereocenters. The van der Waals surface area contributed by atoms with Crippen LogP contribution in [0.5, 0.6) is 0 Å². The number of alkyl halides is 4. The van der Waals surface area contributed by atoms with E-state index >= 15 is 0 Å². The van der Waals surface area contributed by atoms with Crippen LogP contribution in [0.25, 0.3) is 0 Å². The summed E-state index contributed by atoms with van der Waals surface area (Å²) >= 11 is 2.95. The fraction of sp³-hybridized carbons (Fsp3) is 0.273. The molecule has 0 aliphatic carbocycles. The molecule has 7 heteroatoms. The number of Topliss-reactive ketones (excluding diaryl/α,β-unsaturated/α-hetero) is 1. The van der Waals surface area contributed by atoms with Crippen molar-refractivity contribution in [3.8, 4) is 0 Å².